The highest BCUT2D eigenvalue weighted by Gasteiger charge is 2.31. The maximum absolute atomic E-state index is 12.9. The van der Waals surface area contributed by atoms with Crippen molar-refractivity contribution in [2.24, 2.45) is 0 Å². The minimum Gasteiger partial charge on any atom is -0.462 e. The van der Waals surface area contributed by atoms with Gasteiger partial charge in [0.1, 0.15) is 15.5 Å². The number of rotatable bonds is 4. The predicted molar refractivity (Wildman–Crippen MR) is 100 cm³/mol. The monoisotopic (exact) mass is 430 g/mol. The van der Waals surface area contributed by atoms with Gasteiger partial charge in [-0.05, 0) is 43.2 Å². The van der Waals surface area contributed by atoms with Gasteiger partial charge in [-0.15, -0.1) is 11.3 Å². The molecule has 0 fully saturated rings. The third kappa shape index (κ3) is 3.90. The molecule has 0 saturated heterocycles. The first-order valence-corrected chi connectivity index (χ1v) is 9.36. The Balaban J connectivity index is 2.04. The number of ether oxygens (including phenoxy) is 1. The largest absolute Gasteiger partial charge is 0.462 e. The van der Waals surface area contributed by atoms with Crippen LogP contribution in [0.3, 0.4) is 0 Å². The van der Waals surface area contributed by atoms with Crippen molar-refractivity contribution in [1.29, 1.82) is 0 Å². The number of hydrogen-bond acceptors (Lipinski definition) is 5. The molecular weight excluding hydrogens is 417 g/mol. The second-order valence-electron chi connectivity index (χ2n) is 5.95. The van der Waals surface area contributed by atoms with Crippen LogP contribution in [-0.4, -0.2) is 22.5 Å². The number of benzene rings is 1. The van der Waals surface area contributed by atoms with Gasteiger partial charge in [0.15, 0.2) is 0 Å². The number of thiophene rings is 1. The van der Waals surface area contributed by atoms with Crippen molar-refractivity contribution in [1.82, 2.24) is 9.97 Å². The van der Waals surface area contributed by atoms with Crippen LogP contribution in [0.25, 0.3) is 10.2 Å². The van der Waals surface area contributed by atoms with E-state index in [1.807, 2.05) is 0 Å². The first-order chi connectivity index (χ1) is 13.1. The Morgan fingerprint density at radius 2 is 2.07 bits per heavy atom. The molecule has 0 radical (unpaired) electrons. The number of carbonyl (C=O) groups is 1. The maximum Gasteiger partial charge on any atom is 0.416 e. The summed E-state index contributed by atoms with van der Waals surface area (Å²) < 4.78 is 43.8. The lowest BCUT2D eigenvalue weighted by Crippen LogP contribution is -2.13. The molecule has 0 aliphatic heterocycles. The zero-order valence-corrected chi connectivity index (χ0v) is 16.3. The molecule has 1 aromatic carbocycles. The average Bonchev–Trinajstić information content (AvgIpc) is 2.93. The molecule has 148 valence electrons. The molecule has 0 atom stereocenters. The van der Waals surface area contributed by atoms with Gasteiger partial charge < -0.3 is 9.72 Å². The van der Waals surface area contributed by atoms with Gasteiger partial charge in [0, 0.05) is 11.4 Å². The molecule has 0 unspecified atom stereocenters. The zero-order valence-electron chi connectivity index (χ0n) is 14.7. The van der Waals surface area contributed by atoms with E-state index in [1.165, 1.54) is 0 Å². The van der Waals surface area contributed by atoms with Gasteiger partial charge in [0.05, 0.1) is 17.6 Å². The lowest BCUT2D eigenvalue weighted by atomic mass is 10.1. The summed E-state index contributed by atoms with van der Waals surface area (Å²) in [5, 5.41) is 0.386. The number of esters is 1. The van der Waals surface area contributed by atoms with E-state index in [9.17, 15) is 22.8 Å². The van der Waals surface area contributed by atoms with E-state index in [0.717, 1.165) is 29.5 Å². The highest BCUT2D eigenvalue weighted by atomic mass is 35.5. The normalized spacial score (nSPS) is 11.8. The van der Waals surface area contributed by atoms with E-state index < -0.39 is 23.3 Å². The first kappa shape index (κ1) is 20.3. The number of hydrogen-bond donors (Lipinski definition) is 1. The number of nitrogens with zero attached hydrogens (tertiary/aromatic N) is 1. The molecule has 0 aliphatic rings. The summed E-state index contributed by atoms with van der Waals surface area (Å²) in [6, 6.07) is 2.97. The number of fused-ring (bicyclic) bond motifs is 1. The molecule has 2 heterocycles. The molecular formula is C18H14ClF3N2O3S. The second-order valence-corrected chi connectivity index (χ2v) is 7.36. The van der Waals surface area contributed by atoms with Gasteiger partial charge in [-0.3, -0.25) is 4.79 Å². The summed E-state index contributed by atoms with van der Waals surface area (Å²) in [7, 11) is 0. The molecule has 0 saturated carbocycles. The van der Waals surface area contributed by atoms with E-state index >= 15 is 0 Å². The Morgan fingerprint density at radius 1 is 1.36 bits per heavy atom. The zero-order chi connectivity index (χ0) is 20.6. The van der Waals surface area contributed by atoms with Crippen molar-refractivity contribution in [3.63, 3.8) is 0 Å². The van der Waals surface area contributed by atoms with Crippen LogP contribution in [0, 0.1) is 6.92 Å². The van der Waals surface area contributed by atoms with Gasteiger partial charge in [-0.25, -0.2) is 9.78 Å². The van der Waals surface area contributed by atoms with Gasteiger partial charge in [-0.1, -0.05) is 11.6 Å². The van der Waals surface area contributed by atoms with Gasteiger partial charge in [-0.2, -0.15) is 13.2 Å². The van der Waals surface area contributed by atoms with Crippen molar-refractivity contribution in [3.8, 4) is 0 Å². The molecule has 3 aromatic rings. The van der Waals surface area contributed by atoms with Gasteiger partial charge >= 0.3 is 12.1 Å². The molecule has 2 aromatic heterocycles. The second kappa shape index (κ2) is 7.56. The van der Waals surface area contributed by atoms with Crippen LogP contribution in [-0.2, 0) is 17.3 Å². The minimum absolute atomic E-state index is 0.0976. The number of aromatic nitrogens is 2. The number of carbonyl (C=O) groups excluding carboxylic acids is 1. The minimum atomic E-state index is -4.51. The topological polar surface area (TPSA) is 72.0 Å². The van der Waals surface area contributed by atoms with Crippen LogP contribution in [0.15, 0.2) is 23.0 Å². The molecule has 0 spiro atoms. The number of H-pyrrole nitrogens is 1. The van der Waals surface area contributed by atoms with Crippen LogP contribution in [0.2, 0.25) is 5.02 Å². The lowest BCUT2D eigenvalue weighted by molar-refractivity contribution is -0.137. The summed E-state index contributed by atoms with van der Waals surface area (Å²) >= 11 is 7.02. The van der Waals surface area contributed by atoms with E-state index in [4.69, 9.17) is 16.3 Å². The van der Waals surface area contributed by atoms with Crippen LogP contribution in [0.1, 0.15) is 39.1 Å². The molecule has 0 aliphatic carbocycles. The lowest BCUT2D eigenvalue weighted by Gasteiger charge is -2.10. The summed E-state index contributed by atoms with van der Waals surface area (Å²) in [5.41, 5.74) is -0.687. The van der Waals surface area contributed by atoms with Crippen LogP contribution in [0.5, 0.6) is 0 Å². The van der Waals surface area contributed by atoms with Crippen molar-refractivity contribution in [2.75, 3.05) is 6.61 Å². The smallest absolute Gasteiger partial charge is 0.416 e. The standard InChI is InChI=1S/C18H14ClF3N2O3S/c1-3-27-17(26)14-8(2)13-15(25)23-12(24-16(13)28-14)7-9-6-10(18(20,21)22)4-5-11(9)19/h4-6H,3,7H2,1-2H3,(H,23,24,25). The SMILES string of the molecule is CCOC(=O)c1sc2nc(Cc3cc(C(F)(F)F)ccc3Cl)[nH]c(=O)c2c1C. The molecule has 10 heteroatoms. The summed E-state index contributed by atoms with van der Waals surface area (Å²) in [6.45, 7) is 3.48. The van der Waals surface area contributed by atoms with Gasteiger partial charge in [0.2, 0.25) is 0 Å². The van der Waals surface area contributed by atoms with Crippen LogP contribution in [0.4, 0.5) is 13.2 Å². The van der Waals surface area contributed by atoms with Crippen molar-refractivity contribution in [3.05, 3.63) is 61.0 Å². The molecule has 0 amide bonds. The fourth-order valence-electron chi connectivity index (χ4n) is 2.73. The molecule has 3 rings (SSSR count). The van der Waals surface area contributed by atoms with E-state index in [1.54, 1.807) is 13.8 Å². The molecule has 28 heavy (non-hydrogen) atoms. The number of halogens is 4. The van der Waals surface area contributed by atoms with E-state index in [-0.39, 0.29) is 39.7 Å². The Hall–Kier alpha value is -2.39. The molecule has 5 nitrogen and oxygen atoms in total. The van der Waals surface area contributed by atoms with Crippen LogP contribution >= 0.6 is 22.9 Å². The highest BCUT2D eigenvalue weighted by molar-refractivity contribution is 7.20. The predicted octanol–water partition coefficient (Wildman–Crippen LogP) is 4.73. The summed E-state index contributed by atoms with van der Waals surface area (Å²) in [5.74, 6) is -0.403. The number of aromatic amines is 1. The molecule has 0 bridgehead atoms. The van der Waals surface area contributed by atoms with Crippen molar-refractivity contribution < 1.29 is 22.7 Å². The Bertz CT molecular complexity index is 1120. The highest BCUT2D eigenvalue weighted by Crippen LogP contribution is 2.33. The van der Waals surface area contributed by atoms with Gasteiger partial charge in [0.25, 0.3) is 5.56 Å². The van der Waals surface area contributed by atoms with Crippen molar-refractivity contribution >= 4 is 39.1 Å². The van der Waals surface area contributed by atoms with E-state index in [0.29, 0.717) is 10.4 Å². The number of nitrogens with one attached hydrogen (secondary N) is 1. The third-order valence-electron chi connectivity index (χ3n) is 4.04. The molecule has 1 N–H and O–H groups in total. The van der Waals surface area contributed by atoms with Crippen LogP contribution < -0.4 is 5.56 Å². The average molecular weight is 431 g/mol. The Morgan fingerprint density at radius 3 is 2.71 bits per heavy atom. The quantitative estimate of drug-likeness (QED) is 0.607. The first-order valence-electron chi connectivity index (χ1n) is 8.16. The fraction of sp³-hybridized carbons (Fsp3) is 0.278. The maximum atomic E-state index is 12.9. The number of aryl methyl sites for hydroxylation is 1. The summed E-state index contributed by atoms with van der Waals surface area (Å²) in [6.07, 6.45) is -4.61. The van der Waals surface area contributed by atoms with Crippen molar-refractivity contribution in [2.45, 2.75) is 26.4 Å². The van der Waals surface area contributed by atoms with E-state index in [2.05, 4.69) is 9.97 Å². The Kier molecular flexibility index (Phi) is 5.49. The summed E-state index contributed by atoms with van der Waals surface area (Å²) in [4.78, 5) is 31.9. The number of alkyl halides is 3. The third-order valence-corrected chi connectivity index (χ3v) is 5.58. The fourth-order valence-corrected chi connectivity index (χ4v) is 4.01. The Labute approximate surface area is 166 Å².